The zero-order valence-corrected chi connectivity index (χ0v) is 14.6. The topological polar surface area (TPSA) is 17.0 Å². The van der Waals surface area contributed by atoms with Crippen LogP contribution in [0.5, 0.6) is 0 Å². The largest absolute Gasteiger partial charge is 0.353 e. The van der Waals surface area contributed by atoms with E-state index < -0.39 is 0 Å². The zero-order chi connectivity index (χ0) is 18.2. The van der Waals surface area contributed by atoms with E-state index in [4.69, 9.17) is 0 Å². The average Bonchev–Trinajstić information content (AvgIpc) is 3.06. The van der Waals surface area contributed by atoms with Gasteiger partial charge in [0.15, 0.2) is 5.82 Å². The van der Waals surface area contributed by atoms with Gasteiger partial charge in [-0.25, -0.2) is 4.39 Å². The van der Waals surface area contributed by atoms with Gasteiger partial charge in [-0.2, -0.15) is 0 Å². The Balaban J connectivity index is 1.79. The molecule has 0 fully saturated rings. The van der Waals surface area contributed by atoms with Gasteiger partial charge < -0.3 is 9.88 Å². The molecule has 1 N–H and O–H groups in total. The van der Waals surface area contributed by atoms with Crippen molar-refractivity contribution in [3.05, 3.63) is 103 Å². The van der Waals surface area contributed by atoms with E-state index in [1.807, 2.05) is 97.1 Å². The molecule has 27 heavy (non-hydrogen) atoms. The summed E-state index contributed by atoms with van der Waals surface area (Å²) in [6.07, 6.45) is 0. The third-order valence-electron chi connectivity index (χ3n) is 4.84. The molecule has 0 aliphatic carbocycles. The molecule has 0 spiro atoms. The van der Waals surface area contributed by atoms with Crippen molar-refractivity contribution in [1.82, 2.24) is 4.57 Å². The molecular formula is C24H17FN2. The van der Waals surface area contributed by atoms with Gasteiger partial charge in [0.05, 0.1) is 16.7 Å². The van der Waals surface area contributed by atoms with Crippen LogP contribution in [-0.2, 0) is 0 Å². The Morgan fingerprint density at radius 3 is 2.07 bits per heavy atom. The summed E-state index contributed by atoms with van der Waals surface area (Å²) in [5.74, 6) is -0.234. The first-order valence-corrected chi connectivity index (χ1v) is 8.92. The van der Waals surface area contributed by atoms with E-state index in [2.05, 4.69) is 9.88 Å². The minimum absolute atomic E-state index is 0.234. The summed E-state index contributed by atoms with van der Waals surface area (Å²) in [4.78, 5) is 0. The molecule has 0 unspecified atom stereocenters. The van der Waals surface area contributed by atoms with Crippen molar-refractivity contribution in [2.24, 2.45) is 0 Å². The highest BCUT2D eigenvalue weighted by Crippen LogP contribution is 2.36. The molecule has 0 radical (unpaired) electrons. The van der Waals surface area contributed by atoms with Gasteiger partial charge in [-0.15, -0.1) is 0 Å². The summed E-state index contributed by atoms with van der Waals surface area (Å²) in [6, 6.07) is 31.5. The van der Waals surface area contributed by atoms with Crippen LogP contribution in [0.2, 0.25) is 0 Å². The quantitative estimate of drug-likeness (QED) is 0.384. The Labute approximate surface area is 156 Å². The summed E-state index contributed by atoms with van der Waals surface area (Å²) in [6.45, 7) is 0. The van der Waals surface area contributed by atoms with E-state index in [1.165, 1.54) is 0 Å². The normalized spacial score (nSPS) is 11.1. The SMILES string of the molecule is Fc1c(Nc2ccccc2)ccc2c1c1ccccc1n2-c1ccccc1. The van der Waals surface area contributed by atoms with Crippen molar-refractivity contribution in [2.45, 2.75) is 0 Å². The molecule has 2 nitrogen and oxygen atoms in total. The van der Waals surface area contributed by atoms with Crippen LogP contribution in [0.4, 0.5) is 15.8 Å². The lowest BCUT2D eigenvalue weighted by atomic mass is 10.1. The molecular weight excluding hydrogens is 335 g/mol. The Hall–Kier alpha value is -3.59. The predicted octanol–water partition coefficient (Wildman–Crippen LogP) is 6.67. The molecule has 5 aromatic rings. The molecule has 1 aromatic heterocycles. The van der Waals surface area contributed by atoms with Gasteiger partial charge in [0.2, 0.25) is 0 Å². The Bertz CT molecular complexity index is 1240. The van der Waals surface area contributed by atoms with E-state index in [9.17, 15) is 0 Å². The fourth-order valence-electron chi connectivity index (χ4n) is 3.65. The number of fused-ring (bicyclic) bond motifs is 3. The third kappa shape index (κ3) is 2.56. The highest BCUT2D eigenvalue weighted by Gasteiger charge is 2.17. The fraction of sp³-hybridized carbons (Fsp3) is 0. The molecule has 0 saturated carbocycles. The number of hydrogen-bond donors (Lipinski definition) is 1. The lowest BCUT2D eigenvalue weighted by Gasteiger charge is -2.10. The standard InChI is InChI=1S/C24H17FN2/c25-24-20(26-17-9-3-1-4-10-17)15-16-22-23(24)19-13-7-8-14-21(19)27(22)18-11-5-2-6-12-18/h1-16,26H. The van der Waals surface area contributed by atoms with Crippen LogP contribution in [0.15, 0.2) is 97.1 Å². The van der Waals surface area contributed by atoms with Crippen LogP contribution in [0.3, 0.4) is 0 Å². The van der Waals surface area contributed by atoms with Crippen molar-refractivity contribution in [3.63, 3.8) is 0 Å². The van der Waals surface area contributed by atoms with Crippen LogP contribution in [0.1, 0.15) is 0 Å². The molecule has 1 heterocycles. The maximum absolute atomic E-state index is 15.5. The number of hydrogen-bond acceptors (Lipinski definition) is 1. The van der Waals surface area contributed by atoms with Gasteiger partial charge in [0, 0.05) is 22.1 Å². The minimum Gasteiger partial charge on any atom is -0.353 e. The molecule has 3 heteroatoms. The fourth-order valence-corrected chi connectivity index (χ4v) is 3.65. The lowest BCUT2D eigenvalue weighted by Crippen LogP contribution is -1.96. The second kappa shape index (κ2) is 6.29. The van der Waals surface area contributed by atoms with Crippen LogP contribution >= 0.6 is 0 Å². The molecule has 0 bridgehead atoms. The zero-order valence-electron chi connectivity index (χ0n) is 14.6. The second-order valence-electron chi connectivity index (χ2n) is 6.50. The number of rotatable bonds is 3. The van der Waals surface area contributed by atoms with E-state index in [0.29, 0.717) is 11.1 Å². The van der Waals surface area contributed by atoms with Gasteiger partial charge in [-0.05, 0) is 42.5 Å². The van der Waals surface area contributed by atoms with Crippen LogP contribution in [-0.4, -0.2) is 4.57 Å². The number of aromatic nitrogens is 1. The van der Waals surface area contributed by atoms with Crippen LogP contribution in [0.25, 0.3) is 27.5 Å². The van der Waals surface area contributed by atoms with Gasteiger partial charge in [0.1, 0.15) is 0 Å². The summed E-state index contributed by atoms with van der Waals surface area (Å²) in [5, 5.41) is 4.74. The molecule has 4 aromatic carbocycles. The molecule has 0 amide bonds. The van der Waals surface area contributed by atoms with Crippen molar-refractivity contribution in [3.8, 4) is 5.69 Å². The first kappa shape index (κ1) is 15.6. The molecule has 0 aliphatic heterocycles. The number of nitrogens with one attached hydrogen (secondary N) is 1. The first-order valence-electron chi connectivity index (χ1n) is 8.92. The van der Waals surface area contributed by atoms with E-state index >= 15 is 4.39 Å². The maximum atomic E-state index is 15.5. The Morgan fingerprint density at radius 1 is 0.630 bits per heavy atom. The van der Waals surface area contributed by atoms with Crippen LogP contribution < -0.4 is 5.32 Å². The Kier molecular flexibility index (Phi) is 3.65. The molecule has 0 aliphatic rings. The molecule has 0 saturated heterocycles. The predicted molar refractivity (Wildman–Crippen MR) is 110 cm³/mol. The van der Waals surface area contributed by atoms with E-state index in [-0.39, 0.29) is 5.82 Å². The monoisotopic (exact) mass is 352 g/mol. The molecule has 5 rings (SSSR count). The Morgan fingerprint density at radius 2 is 1.30 bits per heavy atom. The van der Waals surface area contributed by atoms with Gasteiger partial charge in [-0.1, -0.05) is 54.6 Å². The maximum Gasteiger partial charge on any atom is 0.156 e. The number of halogens is 1. The summed E-state index contributed by atoms with van der Waals surface area (Å²) in [5.41, 5.74) is 4.21. The molecule has 130 valence electrons. The summed E-state index contributed by atoms with van der Waals surface area (Å²) in [7, 11) is 0. The highest BCUT2D eigenvalue weighted by molar-refractivity contribution is 6.10. The summed E-state index contributed by atoms with van der Waals surface area (Å²) < 4.78 is 17.6. The minimum atomic E-state index is -0.234. The van der Waals surface area contributed by atoms with Crippen molar-refractivity contribution in [2.75, 3.05) is 5.32 Å². The number of para-hydroxylation sites is 3. The van der Waals surface area contributed by atoms with Crippen molar-refractivity contribution < 1.29 is 4.39 Å². The van der Waals surface area contributed by atoms with Crippen molar-refractivity contribution in [1.29, 1.82) is 0 Å². The summed E-state index contributed by atoms with van der Waals surface area (Å²) >= 11 is 0. The lowest BCUT2D eigenvalue weighted by molar-refractivity contribution is 0.644. The van der Waals surface area contributed by atoms with Gasteiger partial charge in [-0.3, -0.25) is 0 Å². The van der Waals surface area contributed by atoms with Crippen molar-refractivity contribution >= 4 is 33.2 Å². The number of anilines is 2. The highest BCUT2D eigenvalue weighted by atomic mass is 19.1. The van der Waals surface area contributed by atoms with E-state index in [0.717, 1.165) is 27.8 Å². The van der Waals surface area contributed by atoms with Crippen LogP contribution in [0, 0.1) is 5.82 Å². The second-order valence-corrected chi connectivity index (χ2v) is 6.50. The molecule has 0 atom stereocenters. The number of benzene rings is 4. The smallest absolute Gasteiger partial charge is 0.156 e. The van der Waals surface area contributed by atoms with E-state index in [1.54, 1.807) is 0 Å². The third-order valence-corrected chi connectivity index (χ3v) is 4.84. The van der Waals surface area contributed by atoms with Gasteiger partial charge >= 0.3 is 0 Å². The number of nitrogens with zero attached hydrogens (tertiary/aromatic N) is 1. The first-order chi connectivity index (χ1) is 13.3. The van der Waals surface area contributed by atoms with Gasteiger partial charge in [0.25, 0.3) is 0 Å². The average molecular weight is 352 g/mol.